The van der Waals surface area contributed by atoms with Gasteiger partial charge in [0.15, 0.2) is 0 Å². The normalized spacial score (nSPS) is 20.4. The molecule has 4 nitrogen and oxygen atoms in total. The zero-order valence-corrected chi connectivity index (χ0v) is 8.56. The number of hydrogen-bond donors (Lipinski definition) is 1. The van der Waals surface area contributed by atoms with E-state index >= 15 is 0 Å². The smallest absolute Gasteiger partial charge is 0.253 e. The van der Waals surface area contributed by atoms with Crippen molar-refractivity contribution in [2.75, 3.05) is 0 Å². The van der Waals surface area contributed by atoms with Gasteiger partial charge in [0.25, 0.3) is 11.8 Å². The molecule has 2 amide bonds. The van der Waals surface area contributed by atoms with Crippen molar-refractivity contribution in [2.45, 2.75) is 38.8 Å². The lowest BCUT2D eigenvalue weighted by atomic mass is 10.1. The van der Waals surface area contributed by atoms with Crippen LogP contribution in [0.25, 0.3) is 0 Å². The molecule has 1 aliphatic rings. The fourth-order valence-corrected chi connectivity index (χ4v) is 1.66. The summed E-state index contributed by atoms with van der Waals surface area (Å²) in [5.74, 6) is -0.440. The molecular weight excluding hydrogens is 180 g/mol. The molecule has 0 spiro atoms. The minimum atomic E-state index is -0.220. The Morgan fingerprint density at radius 1 is 1.36 bits per heavy atom. The summed E-state index contributed by atoms with van der Waals surface area (Å²) in [7, 11) is 0. The van der Waals surface area contributed by atoms with Crippen LogP contribution in [0.15, 0.2) is 12.2 Å². The number of nitrogens with two attached hydrogens (primary N) is 1. The van der Waals surface area contributed by atoms with Gasteiger partial charge in [0, 0.05) is 24.2 Å². The summed E-state index contributed by atoms with van der Waals surface area (Å²) in [5, 5.41) is 0. The monoisotopic (exact) mass is 196 g/mol. The molecule has 1 rings (SSSR count). The van der Waals surface area contributed by atoms with E-state index in [1.165, 1.54) is 17.1 Å². The van der Waals surface area contributed by atoms with Gasteiger partial charge in [-0.05, 0) is 19.8 Å². The third kappa shape index (κ3) is 2.20. The number of imide groups is 1. The van der Waals surface area contributed by atoms with Crippen molar-refractivity contribution in [1.82, 2.24) is 4.90 Å². The molecule has 78 valence electrons. The fourth-order valence-electron chi connectivity index (χ4n) is 1.66. The van der Waals surface area contributed by atoms with Crippen LogP contribution in [-0.2, 0) is 9.59 Å². The largest absolute Gasteiger partial charge is 0.328 e. The summed E-state index contributed by atoms with van der Waals surface area (Å²) in [6.45, 7) is 3.83. The van der Waals surface area contributed by atoms with Crippen LogP contribution in [0.3, 0.4) is 0 Å². The van der Waals surface area contributed by atoms with Crippen LogP contribution in [0.1, 0.15) is 26.7 Å². The van der Waals surface area contributed by atoms with E-state index in [4.69, 9.17) is 5.73 Å². The van der Waals surface area contributed by atoms with Gasteiger partial charge in [-0.25, -0.2) is 0 Å². The predicted octanol–water partition coefficient (Wildman–Crippen LogP) is 0.427. The van der Waals surface area contributed by atoms with E-state index in [1.807, 2.05) is 13.8 Å². The molecule has 0 aromatic heterocycles. The molecule has 0 aromatic rings. The number of carbonyl (C=O) groups excluding carboxylic acids is 2. The second kappa shape index (κ2) is 4.37. The van der Waals surface area contributed by atoms with Gasteiger partial charge >= 0.3 is 0 Å². The van der Waals surface area contributed by atoms with Crippen molar-refractivity contribution in [3.63, 3.8) is 0 Å². The van der Waals surface area contributed by atoms with Crippen molar-refractivity contribution in [3.05, 3.63) is 12.2 Å². The number of amides is 2. The molecular formula is C10H16N2O2. The van der Waals surface area contributed by atoms with Crippen LogP contribution < -0.4 is 5.73 Å². The van der Waals surface area contributed by atoms with E-state index in [9.17, 15) is 9.59 Å². The molecule has 4 heteroatoms. The molecule has 0 aromatic carbocycles. The maximum atomic E-state index is 11.3. The van der Waals surface area contributed by atoms with Crippen molar-refractivity contribution in [1.29, 1.82) is 0 Å². The third-order valence-electron chi connectivity index (χ3n) is 2.32. The Morgan fingerprint density at radius 3 is 2.21 bits per heavy atom. The van der Waals surface area contributed by atoms with Crippen LogP contribution in [-0.4, -0.2) is 28.8 Å². The van der Waals surface area contributed by atoms with Gasteiger partial charge in [-0.1, -0.05) is 6.92 Å². The lowest BCUT2D eigenvalue weighted by Crippen LogP contribution is -2.42. The zero-order valence-electron chi connectivity index (χ0n) is 8.56. The Morgan fingerprint density at radius 2 is 1.86 bits per heavy atom. The number of carbonyl (C=O) groups is 2. The predicted molar refractivity (Wildman–Crippen MR) is 53.3 cm³/mol. The molecule has 1 heterocycles. The molecule has 14 heavy (non-hydrogen) atoms. The Balaban J connectivity index is 2.69. The molecule has 0 aliphatic carbocycles. The minimum absolute atomic E-state index is 0.00106. The first kappa shape index (κ1) is 10.9. The summed E-state index contributed by atoms with van der Waals surface area (Å²) in [6.07, 6.45) is 4.04. The first-order chi connectivity index (χ1) is 6.56. The maximum absolute atomic E-state index is 11.3. The van der Waals surface area contributed by atoms with Crippen molar-refractivity contribution in [2.24, 2.45) is 5.73 Å². The van der Waals surface area contributed by atoms with Crippen LogP contribution in [0.4, 0.5) is 0 Å². The summed E-state index contributed by atoms with van der Waals surface area (Å²) in [5.41, 5.74) is 5.66. The van der Waals surface area contributed by atoms with E-state index in [-0.39, 0.29) is 23.9 Å². The van der Waals surface area contributed by atoms with Gasteiger partial charge in [0.05, 0.1) is 0 Å². The zero-order chi connectivity index (χ0) is 10.7. The number of hydrogen-bond acceptors (Lipinski definition) is 3. The van der Waals surface area contributed by atoms with Gasteiger partial charge in [-0.2, -0.15) is 0 Å². The first-order valence-electron chi connectivity index (χ1n) is 4.87. The van der Waals surface area contributed by atoms with Gasteiger partial charge in [-0.3, -0.25) is 14.5 Å². The van der Waals surface area contributed by atoms with E-state index < -0.39 is 0 Å². The molecule has 0 radical (unpaired) electrons. The van der Waals surface area contributed by atoms with E-state index in [1.54, 1.807) is 0 Å². The molecule has 0 saturated carbocycles. The highest BCUT2D eigenvalue weighted by Crippen LogP contribution is 2.15. The van der Waals surface area contributed by atoms with E-state index in [2.05, 4.69) is 0 Å². The SMILES string of the molecule is CCC(CC(C)N)N1C(=O)C=CC1=O. The average molecular weight is 196 g/mol. The summed E-state index contributed by atoms with van der Waals surface area (Å²) >= 11 is 0. The standard InChI is InChI=1S/C10H16N2O2/c1-3-8(6-7(2)11)12-9(13)4-5-10(12)14/h4-5,7-8H,3,6,11H2,1-2H3. The Hall–Kier alpha value is -1.16. The van der Waals surface area contributed by atoms with Crippen LogP contribution in [0, 0.1) is 0 Å². The molecule has 0 bridgehead atoms. The Kier molecular flexibility index (Phi) is 3.41. The molecule has 0 saturated heterocycles. The lowest BCUT2D eigenvalue weighted by molar-refractivity contribution is -0.139. The highest BCUT2D eigenvalue weighted by Gasteiger charge is 2.30. The Bertz CT molecular complexity index is 253. The minimum Gasteiger partial charge on any atom is -0.328 e. The first-order valence-corrected chi connectivity index (χ1v) is 4.87. The Labute approximate surface area is 83.8 Å². The highest BCUT2D eigenvalue weighted by atomic mass is 16.2. The fraction of sp³-hybridized carbons (Fsp3) is 0.600. The lowest BCUT2D eigenvalue weighted by Gasteiger charge is -2.26. The van der Waals surface area contributed by atoms with Gasteiger partial charge in [0.1, 0.15) is 0 Å². The quantitative estimate of drug-likeness (QED) is 0.663. The third-order valence-corrected chi connectivity index (χ3v) is 2.32. The topological polar surface area (TPSA) is 63.4 Å². The average Bonchev–Trinajstić information content (AvgIpc) is 2.43. The second-order valence-corrected chi connectivity index (χ2v) is 3.65. The molecule has 2 atom stereocenters. The van der Waals surface area contributed by atoms with Crippen molar-refractivity contribution >= 4 is 11.8 Å². The van der Waals surface area contributed by atoms with E-state index in [0.29, 0.717) is 6.42 Å². The molecule has 2 unspecified atom stereocenters. The second-order valence-electron chi connectivity index (χ2n) is 3.65. The van der Waals surface area contributed by atoms with Crippen LogP contribution >= 0.6 is 0 Å². The van der Waals surface area contributed by atoms with Crippen molar-refractivity contribution in [3.8, 4) is 0 Å². The van der Waals surface area contributed by atoms with Crippen molar-refractivity contribution < 1.29 is 9.59 Å². The van der Waals surface area contributed by atoms with Crippen LogP contribution in [0.2, 0.25) is 0 Å². The molecule has 2 N–H and O–H groups in total. The summed E-state index contributed by atoms with van der Waals surface area (Å²) < 4.78 is 0. The van der Waals surface area contributed by atoms with E-state index in [0.717, 1.165) is 6.42 Å². The summed E-state index contributed by atoms with van der Waals surface area (Å²) in [6, 6.07) is -0.0638. The van der Waals surface area contributed by atoms with Crippen LogP contribution in [0.5, 0.6) is 0 Å². The molecule has 1 aliphatic heterocycles. The molecule has 0 fully saturated rings. The summed E-state index contributed by atoms with van der Waals surface area (Å²) in [4.78, 5) is 24.0. The van der Waals surface area contributed by atoms with Gasteiger partial charge in [-0.15, -0.1) is 0 Å². The number of rotatable bonds is 4. The van der Waals surface area contributed by atoms with Gasteiger partial charge < -0.3 is 5.73 Å². The number of nitrogens with zero attached hydrogens (tertiary/aromatic N) is 1. The highest BCUT2D eigenvalue weighted by molar-refractivity contribution is 6.13. The maximum Gasteiger partial charge on any atom is 0.253 e. The van der Waals surface area contributed by atoms with Gasteiger partial charge in [0.2, 0.25) is 0 Å².